The van der Waals surface area contributed by atoms with Crippen molar-refractivity contribution in [1.82, 2.24) is 15.0 Å². The van der Waals surface area contributed by atoms with E-state index in [1.54, 1.807) is 11.8 Å². The molecule has 1 aromatic rings. The number of hydrogen-bond donors (Lipinski definition) is 1. The van der Waals surface area contributed by atoms with Crippen molar-refractivity contribution in [1.29, 1.82) is 0 Å². The number of hydrogen-bond acceptors (Lipinski definition) is 6. The minimum Gasteiger partial charge on any atom is -0.461 e. The second-order valence-corrected chi connectivity index (χ2v) is 5.66. The number of rotatable bonds is 7. The van der Waals surface area contributed by atoms with Crippen molar-refractivity contribution in [2.24, 2.45) is 0 Å². The van der Waals surface area contributed by atoms with Gasteiger partial charge in [0.25, 0.3) is 0 Å². The number of ether oxygens (including phenoxy) is 1. The summed E-state index contributed by atoms with van der Waals surface area (Å²) in [4.78, 5) is 12.9. The van der Waals surface area contributed by atoms with Gasteiger partial charge in [-0.25, -0.2) is 0 Å². The van der Waals surface area contributed by atoms with E-state index < -0.39 is 0 Å². The van der Waals surface area contributed by atoms with Crippen LogP contribution in [0.4, 0.5) is 5.95 Å². The fourth-order valence-electron chi connectivity index (χ4n) is 1.15. The number of nitrogens with zero attached hydrogens (tertiary/aromatic N) is 3. The lowest BCUT2D eigenvalue weighted by molar-refractivity contribution is 0.219. The van der Waals surface area contributed by atoms with Gasteiger partial charge in [0.2, 0.25) is 5.95 Å². The monoisotopic (exact) mass is 270 g/mol. The van der Waals surface area contributed by atoms with Crippen LogP contribution >= 0.6 is 11.8 Å². The Labute approximate surface area is 113 Å². The Morgan fingerprint density at radius 3 is 2.44 bits per heavy atom. The number of nitrogens with one attached hydrogen (secondary N) is 1. The zero-order valence-corrected chi connectivity index (χ0v) is 12.5. The van der Waals surface area contributed by atoms with Gasteiger partial charge < -0.3 is 10.1 Å². The maximum atomic E-state index is 5.54. The Morgan fingerprint density at radius 2 is 1.89 bits per heavy atom. The zero-order chi connectivity index (χ0) is 13.5. The normalized spacial score (nSPS) is 12.6. The molecular weight excluding hydrogens is 248 g/mol. The van der Waals surface area contributed by atoms with Gasteiger partial charge in [-0.15, -0.1) is 0 Å². The maximum absolute atomic E-state index is 5.54. The molecule has 1 aromatic heterocycles. The van der Waals surface area contributed by atoms with E-state index in [0.29, 0.717) is 22.4 Å². The quantitative estimate of drug-likeness (QED) is 0.769. The summed E-state index contributed by atoms with van der Waals surface area (Å²) >= 11 is 1.64. The van der Waals surface area contributed by atoms with Crippen molar-refractivity contribution in [3.8, 4) is 6.01 Å². The Morgan fingerprint density at radius 1 is 1.17 bits per heavy atom. The predicted molar refractivity (Wildman–Crippen MR) is 75.4 cm³/mol. The molecule has 0 spiro atoms. The van der Waals surface area contributed by atoms with Crippen LogP contribution in [-0.2, 0) is 0 Å². The fraction of sp³-hybridized carbons (Fsp3) is 0.750. The van der Waals surface area contributed by atoms with E-state index in [2.05, 4.69) is 34.1 Å². The Bertz CT molecular complexity index is 373. The van der Waals surface area contributed by atoms with E-state index in [1.165, 1.54) is 0 Å². The molecule has 1 rings (SSSR count). The van der Waals surface area contributed by atoms with Crippen LogP contribution in [0, 0.1) is 0 Å². The number of aromatic nitrogens is 3. The molecule has 1 N–H and O–H groups in total. The summed E-state index contributed by atoms with van der Waals surface area (Å²) in [6, 6.07) is 0.391. The minimum absolute atomic E-state index is 0.0586. The van der Waals surface area contributed by atoms with Crippen LogP contribution in [0.3, 0.4) is 0 Å². The maximum Gasteiger partial charge on any atom is 0.322 e. The van der Waals surface area contributed by atoms with Crippen LogP contribution < -0.4 is 10.1 Å². The van der Waals surface area contributed by atoms with Crippen LogP contribution in [0.1, 0.15) is 41.0 Å². The van der Waals surface area contributed by atoms with Crippen molar-refractivity contribution in [2.45, 2.75) is 57.5 Å². The highest BCUT2D eigenvalue weighted by atomic mass is 32.2. The second-order valence-electron chi connectivity index (χ2n) is 4.26. The third-order valence-electron chi connectivity index (χ3n) is 2.15. The molecule has 0 aliphatic heterocycles. The summed E-state index contributed by atoms with van der Waals surface area (Å²) in [5.74, 6) is 0.578. The van der Waals surface area contributed by atoms with E-state index in [4.69, 9.17) is 4.74 Å². The predicted octanol–water partition coefficient (Wildman–Crippen LogP) is 2.98. The average molecular weight is 270 g/mol. The molecule has 0 aliphatic carbocycles. The zero-order valence-electron chi connectivity index (χ0n) is 11.7. The highest BCUT2D eigenvalue weighted by molar-refractivity contribution is 7.99. The van der Waals surface area contributed by atoms with E-state index in [0.717, 1.165) is 13.0 Å². The van der Waals surface area contributed by atoms with Gasteiger partial charge in [0.05, 0.1) is 6.10 Å². The molecular formula is C12H22N4OS. The largest absolute Gasteiger partial charge is 0.461 e. The summed E-state index contributed by atoms with van der Waals surface area (Å²) in [5.41, 5.74) is 0. The minimum atomic E-state index is 0.0586. The smallest absolute Gasteiger partial charge is 0.322 e. The summed E-state index contributed by atoms with van der Waals surface area (Å²) in [5, 5.41) is 4.29. The van der Waals surface area contributed by atoms with Gasteiger partial charge in [0.15, 0.2) is 5.16 Å². The molecule has 102 valence electrons. The first kappa shape index (κ1) is 15.0. The van der Waals surface area contributed by atoms with Crippen LogP contribution in [0.15, 0.2) is 5.16 Å². The van der Waals surface area contributed by atoms with Crippen molar-refractivity contribution < 1.29 is 4.74 Å². The Balaban J connectivity index is 2.90. The molecule has 5 nitrogen and oxygen atoms in total. The molecule has 0 radical (unpaired) electrons. The van der Waals surface area contributed by atoms with Gasteiger partial charge >= 0.3 is 6.01 Å². The lowest BCUT2D eigenvalue weighted by Crippen LogP contribution is -2.12. The van der Waals surface area contributed by atoms with Gasteiger partial charge in [0.1, 0.15) is 0 Å². The second kappa shape index (κ2) is 7.41. The standard InChI is InChI=1S/C12H22N4OS/c1-6-9(5)18-12-15-10(13-7-2)14-11(16-12)17-8(3)4/h8-9H,6-7H2,1-5H3,(H,13,14,15,16). The van der Waals surface area contributed by atoms with E-state index in [1.807, 2.05) is 20.8 Å². The Kier molecular flexibility index (Phi) is 6.18. The van der Waals surface area contributed by atoms with Crippen molar-refractivity contribution in [3.63, 3.8) is 0 Å². The van der Waals surface area contributed by atoms with Gasteiger partial charge in [-0.1, -0.05) is 25.6 Å². The first-order valence-corrected chi connectivity index (χ1v) is 7.26. The van der Waals surface area contributed by atoms with Crippen molar-refractivity contribution >= 4 is 17.7 Å². The molecule has 0 saturated carbocycles. The van der Waals surface area contributed by atoms with Gasteiger partial charge in [0, 0.05) is 11.8 Å². The molecule has 1 unspecified atom stereocenters. The van der Waals surface area contributed by atoms with E-state index in [9.17, 15) is 0 Å². The molecule has 0 aliphatic rings. The third kappa shape index (κ3) is 5.08. The van der Waals surface area contributed by atoms with Gasteiger partial charge in [-0.3, -0.25) is 0 Å². The van der Waals surface area contributed by atoms with Gasteiger partial charge in [-0.2, -0.15) is 15.0 Å². The molecule has 0 saturated heterocycles. The first-order valence-electron chi connectivity index (χ1n) is 6.38. The molecule has 0 amide bonds. The van der Waals surface area contributed by atoms with Crippen molar-refractivity contribution in [2.75, 3.05) is 11.9 Å². The molecule has 0 fully saturated rings. The van der Waals surface area contributed by atoms with E-state index in [-0.39, 0.29) is 6.10 Å². The molecule has 18 heavy (non-hydrogen) atoms. The summed E-state index contributed by atoms with van der Waals surface area (Å²) in [6.07, 6.45) is 1.14. The van der Waals surface area contributed by atoms with Crippen LogP contribution in [0.5, 0.6) is 6.01 Å². The third-order valence-corrected chi connectivity index (χ3v) is 3.28. The molecule has 0 aromatic carbocycles. The van der Waals surface area contributed by atoms with Crippen molar-refractivity contribution in [3.05, 3.63) is 0 Å². The van der Waals surface area contributed by atoms with Crippen LogP contribution in [0.25, 0.3) is 0 Å². The summed E-state index contributed by atoms with van der Waals surface area (Å²) in [6.45, 7) is 11.0. The molecule has 6 heteroatoms. The highest BCUT2D eigenvalue weighted by Gasteiger charge is 2.11. The van der Waals surface area contributed by atoms with Gasteiger partial charge in [-0.05, 0) is 27.2 Å². The fourth-order valence-corrected chi connectivity index (χ4v) is 1.95. The molecule has 1 heterocycles. The average Bonchev–Trinajstić information content (AvgIpc) is 2.28. The molecule has 0 bridgehead atoms. The summed E-state index contributed by atoms with van der Waals surface area (Å²) in [7, 11) is 0. The Hall–Kier alpha value is -1.04. The lowest BCUT2D eigenvalue weighted by atomic mass is 10.4. The number of anilines is 1. The highest BCUT2D eigenvalue weighted by Crippen LogP contribution is 2.24. The SMILES string of the molecule is CCNc1nc(OC(C)C)nc(SC(C)CC)n1. The molecule has 1 atom stereocenters. The number of thioether (sulfide) groups is 1. The van der Waals surface area contributed by atoms with Crippen LogP contribution in [0.2, 0.25) is 0 Å². The summed E-state index contributed by atoms with van der Waals surface area (Å²) < 4.78 is 5.54. The van der Waals surface area contributed by atoms with E-state index >= 15 is 0 Å². The topological polar surface area (TPSA) is 59.9 Å². The first-order chi connectivity index (χ1) is 8.55. The lowest BCUT2D eigenvalue weighted by Gasteiger charge is -2.12. The van der Waals surface area contributed by atoms with Crippen LogP contribution in [-0.4, -0.2) is 32.9 Å².